The maximum absolute atomic E-state index is 14.3. The van der Waals surface area contributed by atoms with Gasteiger partial charge in [0.1, 0.15) is 5.82 Å². The Morgan fingerprint density at radius 3 is 2.75 bits per heavy atom. The van der Waals surface area contributed by atoms with Crippen molar-refractivity contribution in [3.63, 3.8) is 0 Å². The fourth-order valence-corrected chi connectivity index (χ4v) is 2.73. The third-order valence-electron chi connectivity index (χ3n) is 4.12. The molecule has 0 saturated carbocycles. The molecule has 1 amide bonds. The summed E-state index contributed by atoms with van der Waals surface area (Å²) < 4.78 is 14.3. The average Bonchev–Trinajstić information content (AvgIpc) is 2.61. The number of hydrogen-bond acceptors (Lipinski definition) is 5. The lowest BCUT2D eigenvalue weighted by Crippen LogP contribution is -2.36. The number of anilines is 1. The summed E-state index contributed by atoms with van der Waals surface area (Å²) in [4.78, 5) is 13.9. The Morgan fingerprint density at radius 1 is 1.29 bits per heavy atom. The molecule has 3 rings (SSSR count). The van der Waals surface area contributed by atoms with Crippen molar-refractivity contribution in [1.82, 2.24) is 15.5 Å². The van der Waals surface area contributed by atoms with E-state index in [1.54, 1.807) is 18.2 Å². The van der Waals surface area contributed by atoms with Gasteiger partial charge in [-0.1, -0.05) is 6.07 Å². The summed E-state index contributed by atoms with van der Waals surface area (Å²) in [6.45, 7) is 1.52. The van der Waals surface area contributed by atoms with E-state index in [4.69, 9.17) is 0 Å². The number of nitrogens with one attached hydrogen (secondary N) is 1. The van der Waals surface area contributed by atoms with Gasteiger partial charge in [0.25, 0.3) is 5.91 Å². The van der Waals surface area contributed by atoms with Gasteiger partial charge in [0.05, 0.1) is 29.7 Å². The Bertz CT molecular complexity index is 703. The van der Waals surface area contributed by atoms with Crippen molar-refractivity contribution < 1.29 is 14.3 Å². The van der Waals surface area contributed by atoms with Crippen molar-refractivity contribution in [2.75, 3.05) is 18.0 Å². The molecule has 1 aromatic heterocycles. The molecular weight excluding hydrogens is 311 g/mol. The molecule has 0 radical (unpaired) electrons. The number of aliphatic hydroxyl groups is 1. The second-order valence-electron chi connectivity index (χ2n) is 5.82. The highest BCUT2D eigenvalue weighted by Crippen LogP contribution is 2.24. The van der Waals surface area contributed by atoms with E-state index in [0.717, 1.165) is 0 Å². The van der Waals surface area contributed by atoms with Crippen molar-refractivity contribution in [2.24, 2.45) is 0 Å². The number of hydrogen-bond donors (Lipinski definition) is 2. The number of rotatable bonds is 4. The Hall–Kier alpha value is -2.54. The van der Waals surface area contributed by atoms with E-state index in [-0.39, 0.29) is 24.4 Å². The fraction of sp³-hybridized carbons (Fsp3) is 0.353. The molecule has 2 N–H and O–H groups in total. The zero-order valence-corrected chi connectivity index (χ0v) is 13.2. The number of halogens is 1. The smallest absolute Gasteiger partial charge is 0.253 e. The van der Waals surface area contributed by atoms with Crippen LogP contribution in [0.2, 0.25) is 0 Å². The molecule has 1 saturated heterocycles. The highest BCUT2D eigenvalue weighted by Gasteiger charge is 2.19. The van der Waals surface area contributed by atoms with Crippen LogP contribution in [0.3, 0.4) is 0 Å². The minimum absolute atomic E-state index is 0.233. The number of aromatic nitrogens is 2. The molecule has 1 aliphatic heterocycles. The first-order valence-corrected chi connectivity index (χ1v) is 7.90. The van der Waals surface area contributed by atoms with Crippen LogP contribution in [-0.4, -0.2) is 40.4 Å². The number of carbonyl (C=O) groups excluding carboxylic acids is 1. The minimum atomic E-state index is -0.316. The van der Waals surface area contributed by atoms with E-state index in [1.807, 2.05) is 4.90 Å². The molecule has 1 aliphatic rings. The molecule has 0 aliphatic carbocycles. The van der Waals surface area contributed by atoms with E-state index in [2.05, 4.69) is 15.5 Å². The van der Waals surface area contributed by atoms with Gasteiger partial charge in [0.15, 0.2) is 0 Å². The predicted molar refractivity (Wildman–Crippen MR) is 87.1 cm³/mol. The summed E-state index contributed by atoms with van der Waals surface area (Å²) in [5.74, 6) is -0.594. The molecule has 6 nitrogen and oxygen atoms in total. The largest absolute Gasteiger partial charge is 0.393 e. The van der Waals surface area contributed by atoms with E-state index < -0.39 is 0 Å². The predicted octanol–water partition coefficient (Wildman–Crippen LogP) is 1.51. The third-order valence-corrected chi connectivity index (χ3v) is 4.12. The summed E-state index contributed by atoms with van der Waals surface area (Å²) >= 11 is 0. The van der Waals surface area contributed by atoms with Crippen LogP contribution < -0.4 is 10.2 Å². The van der Waals surface area contributed by atoms with Crippen molar-refractivity contribution in [3.05, 3.63) is 53.6 Å². The summed E-state index contributed by atoms with van der Waals surface area (Å²) in [5, 5.41) is 19.5. The number of aliphatic hydroxyl groups excluding tert-OH is 1. The zero-order chi connectivity index (χ0) is 16.9. The summed E-state index contributed by atoms with van der Waals surface area (Å²) in [7, 11) is 0. The second-order valence-corrected chi connectivity index (χ2v) is 5.82. The molecule has 1 fully saturated rings. The lowest BCUT2D eigenvalue weighted by Gasteiger charge is -2.31. The lowest BCUT2D eigenvalue weighted by atomic mass is 10.1. The summed E-state index contributed by atoms with van der Waals surface area (Å²) in [6.07, 6.45) is 3.83. The van der Waals surface area contributed by atoms with E-state index in [1.165, 1.54) is 18.5 Å². The monoisotopic (exact) mass is 330 g/mol. The van der Waals surface area contributed by atoms with Crippen LogP contribution in [0.25, 0.3) is 0 Å². The Labute approximate surface area is 139 Å². The van der Waals surface area contributed by atoms with Gasteiger partial charge >= 0.3 is 0 Å². The van der Waals surface area contributed by atoms with Crippen molar-refractivity contribution in [2.45, 2.75) is 25.5 Å². The number of carbonyl (C=O) groups is 1. The van der Waals surface area contributed by atoms with Gasteiger partial charge in [0.2, 0.25) is 0 Å². The quantitative estimate of drug-likeness (QED) is 0.888. The number of piperidine rings is 1. The zero-order valence-electron chi connectivity index (χ0n) is 13.2. The van der Waals surface area contributed by atoms with Gasteiger partial charge in [-0.05, 0) is 36.6 Å². The molecule has 0 unspecified atom stereocenters. The summed E-state index contributed by atoms with van der Waals surface area (Å²) in [6, 6.07) is 6.53. The van der Waals surface area contributed by atoms with Crippen LogP contribution in [-0.2, 0) is 6.54 Å². The van der Waals surface area contributed by atoms with Gasteiger partial charge in [-0.15, -0.1) is 0 Å². The summed E-state index contributed by atoms with van der Waals surface area (Å²) in [5.41, 5.74) is 1.63. The second kappa shape index (κ2) is 7.35. The highest BCUT2D eigenvalue weighted by atomic mass is 19.1. The lowest BCUT2D eigenvalue weighted by molar-refractivity contribution is 0.0950. The topological polar surface area (TPSA) is 78.4 Å². The molecule has 2 aromatic rings. The van der Waals surface area contributed by atoms with Gasteiger partial charge < -0.3 is 15.3 Å². The first-order valence-electron chi connectivity index (χ1n) is 7.90. The van der Waals surface area contributed by atoms with Gasteiger partial charge in [-0.3, -0.25) is 4.79 Å². The number of amides is 1. The van der Waals surface area contributed by atoms with Gasteiger partial charge in [-0.25, -0.2) is 4.39 Å². The van der Waals surface area contributed by atoms with Crippen molar-refractivity contribution >= 4 is 11.6 Å². The fourth-order valence-electron chi connectivity index (χ4n) is 2.73. The first-order chi connectivity index (χ1) is 11.6. The van der Waals surface area contributed by atoms with Crippen LogP contribution in [0.5, 0.6) is 0 Å². The maximum atomic E-state index is 14.3. The highest BCUT2D eigenvalue weighted by molar-refractivity contribution is 5.93. The Balaban J connectivity index is 1.61. The van der Waals surface area contributed by atoms with Gasteiger partial charge in [-0.2, -0.15) is 10.2 Å². The molecule has 0 spiro atoms. The molecule has 0 atom stereocenters. The van der Waals surface area contributed by atoms with Crippen LogP contribution in [0.15, 0.2) is 36.7 Å². The Morgan fingerprint density at radius 2 is 2.08 bits per heavy atom. The number of nitrogens with zero attached hydrogens (tertiary/aromatic N) is 3. The molecular formula is C17H19FN4O2. The first kappa shape index (κ1) is 16.3. The SMILES string of the molecule is O=C(NCc1ccc(N2CCC(O)CC2)c(F)c1)c1ccnnc1. The van der Waals surface area contributed by atoms with Gasteiger partial charge in [0, 0.05) is 19.6 Å². The molecule has 1 aromatic carbocycles. The van der Waals surface area contributed by atoms with Crippen molar-refractivity contribution in [3.8, 4) is 0 Å². The molecule has 126 valence electrons. The molecule has 2 heterocycles. The standard InChI is InChI=1S/C17H19FN4O2/c18-15-9-12(10-19-17(24)13-3-6-20-21-11-13)1-2-16(15)22-7-4-14(23)5-8-22/h1-3,6,9,11,14,23H,4-5,7-8,10H2,(H,19,24). The van der Waals surface area contributed by atoms with Crippen LogP contribution in [0.1, 0.15) is 28.8 Å². The van der Waals surface area contributed by atoms with E-state index in [9.17, 15) is 14.3 Å². The van der Waals surface area contributed by atoms with Crippen LogP contribution in [0, 0.1) is 5.82 Å². The normalized spacial score (nSPS) is 15.3. The Kier molecular flexibility index (Phi) is 5.00. The van der Waals surface area contributed by atoms with E-state index in [0.29, 0.717) is 42.7 Å². The number of benzene rings is 1. The molecule has 0 bridgehead atoms. The van der Waals surface area contributed by atoms with Crippen molar-refractivity contribution in [1.29, 1.82) is 0 Å². The third kappa shape index (κ3) is 3.86. The van der Waals surface area contributed by atoms with E-state index >= 15 is 0 Å². The minimum Gasteiger partial charge on any atom is -0.393 e. The van der Waals surface area contributed by atoms with Crippen LogP contribution >= 0.6 is 0 Å². The van der Waals surface area contributed by atoms with Crippen LogP contribution in [0.4, 0.5) is 10.1 Å². The molecule has 7 heteroatoms. The molecule has 24 heavy (non-hydrogen) atoms. The maximum Gasteiger partial charge on any atom is 0.253 e. The average molecular weight is 330 g/mol.